The van der Waals surface area contributed by atoms with E-state index in [1.54, 1.807) is 19.1 Å². The van der Waals surface area contributed by atoms with Gasteiger partial charge in [0.15, 0.2) is 0 Å². The van der Waals surface area contributed by atoms with Crippen LogP contribution in [0.1, 0.15) is 16.6 Å². The maximum Gasteiger partial charge on any atom is 0.348 e. The Morgan fingerprint density at radius 2 is 2.31 bits per heavy atom. The van der Waals surface area contributed by atoms with E-state index in [9.17, 15) is 9.18 Å². The molecule has 0 atom stereocenters. The Morgan fingerprint density at radius 1 is 1.56 bits per heavy atom. The molecule has 0 aliphatic heterocycles. The Kier molecular flexibility index (Phi) is 3.25. The summed E-state index contributed by atoms with van der Waals surface area (Å²) >= 11 is 4.43. The van der Waals surface area contributed by atoms with E-state index in [1.807, 2.05) is 0 Å². The van der Waals surface area contributed by atoms with Gasteiger partial charge in [0.25, 0.3) is 0 Å². The summed E-state index contributed by atoms with van der Waals surface area (Å²) in [6.07, 6.45) is 0. The highest BCUT2D eigenvalue weighted by molar-refractivity contribution is 9.10. The van der Waals surface area contributed by atoms with Crippen LogP contribution in [0.15, 0.2) is 22.7 Å². The van der Waals surface area contributed by atoms with Crippen LogP contribution in [0.25, 0.3) is 10.1 Å². The maximum atomic E-state index is 13.5. The molecule has 0 bridgehead atoms. The van der Waals surface area contributed by atoms with E-state index >= 15 is 0 Å². The molecule has 16 heavy (non-hydrogen) atoms. The molecule has 2 aromatic rings. The number of carbonyl (C=O) groups is 1. The van der Waals surface area contributed by atoms with Crippen LogP contribution in [0.4, 0.5) is 4.39 Å². The van der Waals surface area contributed by atoms with Gasteiger partial charge in [0, 0.05) is 9.86 Å². The first-order chi connectivity index (χ1) is 7.63. The second-order valence-corrected chi connectivity index (χ2v) is 5.01. The van der Waals surface area contributed by atoms with E-state index in [1.165, 1.54) is 6.07 Å². The van der Waals surface area contributed by atoms with Crippen LogP contribution in [0.5, 0.6) is 0 Å². The second kappa shape index (κ2) is 4.51. The molecular weight excluding hydrogens is 295 g/mol. The maximum absolute atomic E-state index is 13.5. The molecule has 2 rings (SSSR count). The highest BCUT2D eigenvalue weighted by Crippen LogP contribution is 2.33. The smallest absolute Gasteiger partial charge is 0.348 e. The summed E-state index contributed by atoms with van der Waals surface area (Å²) < 4.78 is 19.6. The van der Waals surface area contributed by atoms with Crippen LogP contribution in [0.2, 0.25) is 0 Å². The molecule has 5 heteroatoms. The number of benzene rings is 1. The van der Waals surface area contributed by atoms with E-state index in [2.05, 4.69) is 15.9 Å². The number of esters is 1. The van der Waals surface area contributed by atoms with Crippen LogP contribution in [0.3, 0.4) is 0 Å². The van der Waals surface area contributed by atoms with Crippen LogP contribution in [0, 0.1) is 5.82 Å². The van der Waals surface area contributed by atoms with Crippen LogP contribution >= 0.6 is 27.3 Å². The van der Waals surface area contributed by atoms with E-state index in [4.69, 9.17) is 4.74 Å². The van der Waals surface area contributed by atoms with Gasteiger partial charge in [-0.2, -0.15) is 0 Å². The van der Waals surface area contributed by atoms with Gasteiger partial charge in [0.1, 0.15) is 10.7 Å². The average Bonchev–Trinajstić information content (AvgIpc) is 2.70. The van der Waals surface area contributed by atoms with Crippen molar-refractivity contribution < 1.29 is 13.9 Å². The molecule has 0 fully saturated rings. The second-order valence-electron chi connectivity index (χ2n) is 3.10. The molecule has 0 unspecified atom stereocenters. The standard InChI is InChI=1S/C11H8BrFO2S/c1-2-15-11(14)9-5-6-7(12)3-4-8(13)10(6)16-9/h3-5H,2H2,1H3. The molecule has 0 aliphatic rings. The van der Waals surface area contributed by atoms with Gasteiger partial charge in [-0.15, -0.1) is 11.3 Å². The topological polar surface area (TPSA) is 26.3 Å². The average molecular weight is 303 g/mol. The Morgan fingerprint density at radius 3 is 2.94 bits per heavy atom. The van der Waals surface area contributed by atoms with Crippen molar-refractivity contribution in [3.8, 4) is 0 Å². The predicted molar refractivity (Wildman–Crippen MR) is 65.4 cm³/mol. The van der Waals surface area contributed by atoms with Crippen molar-refractivity contribution in [3.05, 3.63) is 33.4 Å². The van der Waals surface area contributed by atoms with Gasteiger partial charge in [-0.25, -0.2) is 9.18 Å². The molecule has 2 nitrogen and oxygen atoms in total. The van der Waals surface area contributed by atoms with Crippen LogP contribution < -0.4 is 0 Å². The highest BCUT2D eigenvalue weighted by Gasteiger charge is 2.14. The van der Waals surface area contributed by atoms with Gasteiger partial charge < -0.3 is 4.74 Å². The number of halogens is 2. The van der Waals surface area contributed by atoms with E-state index < -0.39 is 5.97 Å². The minimum atomic E-state index is -0.407. The molecule has 0 saturated heterocycles. The third kappa shape index (κ3) is 1.97. The zero-order chi connectivity index (χ0) is 11.7. The fourth-order valence-electron chi connectivity index (χ4n) is 1.36. The summed E-state index contributed by atoms with van der Waals surface area (Å²) in [5.74, 6) is -0.728. The number of ether oxygens (including phenoxy) is 1. The molecule has 0 N–H and O–H groups in total. The van der Waals surface area contributed by atoms with Gasteiger partial charge in [0.2, 0.25) is 0 Å². The Labute approximate surface area is 104 Å². The lowest BCUT2D eigenvalue weighted by molar-refractivity contribution is 0.0532. The van der Waals surface area contributed by atoms with Crippen LogP contribution in [-0.4, -0.2) is 12.6 Å². The summed E-state index contributed by atoms with van der Waals surface area (Å²) in [5.41, 5.74) is 0. The van der Waals surface area contributed by atoms with Crippen LogP contribution in [-0.2, 0) is 4.74 Å². The molecule has 0 aliphatic carbocycles. The normalized spacial score (nSPS) is 10.7. The lowest BCUT2D eigenvalue weighted by atomic mass is 10.2. The van der Waals surface area contributed by atoms with Crippen molar-refractivity contribution in [1.29, 1.82) is 0 Å². The van der Waals surface area contributed by atoms with Gasteiger partial charge in [0.05, 0.1) is 11.3 Å². The quantitative estimate of drug-likeness (QED) is 0.784. The third-order valence-electron chi connectivity index (χ3n) is 2.06. The molecule has 0 spiro atoms. The molecule has 0 radical (unpaired) electrons. The number of carbonyl (C=O) groups excluding carboxylic acids is 1. The lowest BCUT2D eigenvalue weighted by Crippen LogP contribution is -2.01. The summed E-state index contributed by atoms with van der Waals surface area (Å²) in [4.78, 5) is 11.9. The van der Waals surface area contributed by atoms with Gasteiger partial charge in [-0.1, -0.05) is 15.9 Å². The lowest BCUT2D eigenvalue weighted by Gasteiger charge is -1.95. The molecule has 1 heterocycles. The predicted octanol–water partition coefficient (Wildman–Crippen LogP) is 3.98. The Balaban J connectivity index is 2.55. The summed E-state index contributed by atoms with van der Waals surface area (Å²) in [7, 11) is 0. The number of rotatable bonds is 2. The summed E-state index contributed by atoms with van der Waals surface area (Å²) in [6, 6.07) is 4.64. The molecule has 0 saturated carbocycles. The van der Waals surface area contributed by atoms with Crippen molar-refractivity contribution in [1.82, 2.24) is 0 Å². The third-order valence-corrected chi connectivity index (χ3v) is 3.87. The van der Waals surface area contributed by atoms with Gasteiger partial charge in [-0.3, -0.25) is 0 Å². The van der Waals surface area contributed by atoms with Crippen molar-refractivity contribution in [2.75, 3.05) is 6.61 Å². The molecule has 84 valence electrons. The fraction of sp³-hybridized carbons (Fsp3) is 0.182. The summed E-state index contributed by atoms with van der Waals surface area (Å²) in [5, 5.41) is 0.702. The van der Waals surface area contributed by atoms with Crippen molar-refractivity contribution in [2.45, 2.75) is 6.92 Å². The largest absolute Gasteiger partial charge is 0.462 e. The number of hydrogen-bond acceptors (Lipinski definition) is 3. The SMILES string of the molecule is CCOC(=O)c1cc2c(Br)ccc(F)c2s1. The monoisotopic (exact) mass is 302 g/mol. The van der Waals surface area contributed by atoms with E-state index in [0.717, 1.165) is 15.8 Å². The number of fused-ring (bicyclic) bond motifs is 1. The van der Waals surface area contributed by atoms with Crippen molar-refractivity contribution in [3.63, 3.8) is 0 Å². The molecule has 1 aromatic heterocycles. The first kappa shape index (κ1) is 11.5. The number of thiophene rings is 1. The zero-order valence-electron chi connectivity index (χ0n) is 8.42. The molecule has 0 amide bonds. The minimum Gasteiger partial charge on any atom is -0.462 e. The van der Waals surface area contributed by atoms with Crippen molar-refractivity contribution in [2.24, 2.45) is 0 Å². The minimum absolute atomic E-state index is 0.316. The molecule has 1 aromatic carbocycles. The van der Waals surface area contributed by atoms with E-state index in [-0.39, 0.29) is 5.82 Å². The number of hydrogen-bond donors (Lipinski definition) is 0. The first-order valence-corrected chi connectivity index (χ1v) is 6.29. The Bertz CT molecular complexity index is 511. The van der Waals surface area contributed by atoms with E-state index in [0.29, 0.717) is 21.6 Å². The summed E-state index contributed by atoms with van der Waals surface area (Å²) in [6.45, 7) is 2.05. The van der Waals surface area contributed by atoms with Gasteiger partial charge in [-0.05, 0) is 25.1 Å². The fourth-order valence-corrected chi connectivity index (χ4v) is 2.92. The van der Waals surface area contributed by atoms with Gasteiger partial charge >= 0.3 is 5.97 Å². The Hall–Kier alpha value is -0.940. The van der Waals surface area contributed by atoms with Crippen molar-refractivity contribution >= 4 is 43.3 Å². The highest BCUT2D eigenvalue weighted by atomic mass is 79.9. The zero-order valence-corrected chi connectivity index (χ0v) is 10.8. The first-order valence-electron chi connectivity index (χ1n) is 4.68. The molecular formula is C11H8BrFO2S.